The van der Waals surface area contributed by atoms with E-state index in [2.05, 4.69) is 534 Å². The molecule has 3 heteroatoms. The Morgan fingerprint density at radius 2 is 0.311 bits per heavy atom. The molecule has 0 atom stereocenters. The minimum atomic E-state index is 0.144. The standard InChI is InChI=1S/C48H37N.C45H31N.C39H27N/c1-48(2,3)36-28-24-33(25-29-36)32-20-22-34(23-21-32)46-40-14-4-6-16-42(40)47(43-17-7-5-15-41(43)46)35-26-30-37(31-27-35)49-44-18-10-8-12-38(44)39-13-9-11-19-45(39)49;1-30-12-2-3-13-35(30)31-22-24-32(25-23-31)44-38-16-4-6-18-40(38)45(41-19-7-5-17-39(41)44)33-26-28-34(29-27-33)46-42-20-10-8-14-36(42)37-15-9-11-21-43(37)46;1-26-12-2-3-13-29(26)39-34-18-6-4-16-32(34)38(33-17-5-7-19-35(33)39)27-22-24-28(25-23-27)40-36-20-10-8-14-30(36)31-15-9-11-21-37(31)40/h4-31H,1-3H3;2-29H,1H3;2-25H,1H3. The number of aromatic nitrogens is 3. The van der Waals surface area contributed by atoms with Crippen molar-refractivity contribution in [3.8, 4) is 106 Å². The number of fused-ring (bicyclic) bond motifs is 15. The monoisotopic (exact) mass is 1720 g/mol. The van der Waals surface area contributed by atoms with Crippen molar-refractivity contribution in [3.05, 3.63) is 502 Å². The lowest BCUT2D eigenvalue weighted by Gasteiger charge is -2.19. The van der Waals surface area contributed by atoms with Crippen molar-refractivity contribution in [1.82, 2.24) is 13.7 Å². The molecule has 0 saturated carbocycles. The molecule has 0 unspecified atom stereocenters. The third-order valence-electron chi connectivity index (χ3n) is 28.1. The van der Waals surface area contributed by atoms with Crippen LogP contribution in [0.4, 0.5) is 0 Å². The first kappa shape index (κ1) is 81.3. The summed E-state index contributed by atoms with van der Waals surface area (Å²) in [6.45, 7) is 11.2. The Labute approximate surface area is 786 Å². The van der Waals surface area contributed by atoms with Gasteiger partial charge in [-0.15, -0.1) is 0 Å². The van der Waals surface area contributed by atoms with Crippen molar-refractivity contribution in [1.29, 1.82) is 0 Å². The Hall–Kier alpha value is -17.0. The highest BCUT2D eigenvalue weighted by Crippen LogP contribution is 2.50. The first-order chi connectivity index (χ1) is 66.5. The van der Waals surface area contributed by atoms with Gasteiger partial charge >= 0.3 is 0 Å². The van der Waals surface area contributed by atoms with E-state index in [0.29, 0.717) is 0 Å². The molecule has 0 fully saturated rings. The van der Waals surface area contributed by atoms with E-state index < -0.39 is 0 Å². The minimum absolute atomic E-state index is 0.144. The van der Waals surface area contributed by atoms with Crippen LogP contribution in [0.3, 0.4) is 0 Å². The smallest absolute Gasteiger partial charge is 0.0541 e. The summed E-state index contributed by atoms with van der Waals surface area (Å²) in [6, 6.07) is 178. The van der Waals surface area contributed by atoms with Gasteiger partial charge in [-0.1, -0.05) is 433 Å². The van der Waals surface area contributed by atoms with Crippen LogP contribution in [0, 0.1) is 13.8 Å². The predicted molar refractivity (Wildman–Crippen MR) is 579 cm³/mol. The lowest BCUT2D eigenvalue weighted by atomic mass is 9.85. The van der Waals surface area contributed by atoms with E-state index in [9.17, 15) is 0 Å². The van der Waals surface area contributed by atoms with Crippen molar-refractivity contribution in [2.24, 2.45) is 0 Å². The molecule has 0 amide bonds. The predicted octanol–water partition coefficient (Wildman–Crippen LogP) is 36.5. The van der Waals surface area contributed by atoms with Gasteiger partial charge in [-0.25, -0.2) is 0 Å². The van der Waals surface area contributed by atoms with Crippen molar-refractivity contribution in [3.63, 3.8) is 0 Å². The fourth-order valence-electron chi connectivity index (χ4n) is 21.7. The molecular weight excluding hydrogens is 1630 g/mol. The fraction of sp³-hybridized carbons (Fsp3) is 0.0455. The molecule has 26 rings (SSSR count). The molecule has 3 nitrogen and oxygen atoms in total. The van der Waals surface area contributed by atoms with Gasteiger partial charge in [-0.05, 0) is 262 Å². The molecule has 0 aliphatic rings. The summed E-state index contributed by atoms with van der Waals surface area (Å²) in [5.41, 5.74) is 35.1. The molecule has 3 aromatic heterocycles. The molecule has 0 aliphatic carbocycles. The third-order valence-corrected chi connectivity index (χ3v) is 28.1. The van der Waals surface area contributed by atoms with Crippen LogP contribution in [0.25, 0.3) is 236 Å². The first-order valence-corrected chi connectivity index (χ1v) is 47.0. The largest absolute Gasteiger partial charge is 0.309 e. The summed E-state index contributed by atoms with van der Waals surface area (Å²) in [7, 11) is 0. The molecule has 135 heavy (non-hydrogen) atoms. The highest BCUT2D eigenvalue weighted by molar-refractivity contribution is 6.25. The van der Waals surface area contributed by atoms with E-state index in [1.165, 1.54) is 253 Å². The fourth-order valence-corrected chi connectivity index (χ4v) is 21.7. The number of nitrogens with zero attached hydrogens (tertiary/aromatic N) is 3. The lowest BCUT2D eigenvalue weighted by molar-refractivity contribution is 0.590. The Bertz CT molecular complexity index is 8780. The van der Waals surface area contributed by atoms with E-state index in [-0.39, 0.29) is 5.41 Å². The topological polar surface area (TPSA) is 14.8 Å². The number of hydrogen-bond donors (Lipinski definition) is 0. The van der Waals surface area contributed by atoms with E-state index in [4.69, 9.17) is 0 Å². The SMILES string of the molecule is CC(C)(C)c1ccc(-c2ccc(-c3c4ccccc4c(-c4ccc(-n5c6ccccc6c6ccccc65)cc4)c4ccccc34)cc2)cc1.Cc1ccccc1-c1c2ccccc2c(-c2ccc(-n3c4ccccc4c4ccccc43)cc2)c2ccccc12.Cc1ccccc1-c1ccc(-c2c3ccccc3c(-c3ccc(-n4c5ccccc5c5ccccc54)cc3)c3ccccc23)cc1. The molecule has 0 spiro atoms. The molecule has 638 valence electrons. The quantitative estimate of drug-likeness (QED) is 0.115. The van der Waals surface area contributed by atoms with Crippen LogP contribution in [-0.2, 0) is 5.41 Å². The van der Waals surface area contributed by atoms with Crippen molar-refractivity contribution in [2.45, 2.75) is 40.0 Å². The molecule has 0 N–H and O–H groups in total. The second-order valence-electron chi connectivity index (χ2n) is 36.9. The molecule has 0 bridgehead atoms. The van der Waals surface area contributed by atoms with E-state index in [0.717, 1.165) is 0 Å². The van der Waals surface area contributed by atoms with Crippen molar-refractivity contribution in [2.75, 3.05) is 0 Å². The zero-order chi connectivity index (χ0) is 90.4. The van der Waals surface area contributed by atoms with Crippen LogP contribution >= 0.6 is 0 Å². The Morgan fingerprint density at radius 3 is 0.541 bits per heavy atom. The van der Waals surface area contributed by atoms with E-state index in [1.54, 1.807) is 0 Å². The molecule has 0 radical (unpaired) electrons. The first-order valence-electron chi connectivity index (χ1n) is 47.0. The van der Waals surface area contributed by atoms with Gasteiger partial charge in [-0.2, -0.15) is 0 Å². The molecular formula is C132H95N3. The molecule has 26 aromatic rings. The van der Waals surface area contributed by atoms with Gasteiger partial charge in [0.05, 0.1) is 33.1 Å². The summed E-state index contributed by atoms with van der Waals surface area (Å²) < 4.78 is 7.15. The van der Waals surface area contributed by atoms with Crippen molar-refractivity contribution < 1.29 is 0 Å². The molecule has 0 saturated heterocycles. The van der Waals surface area contributed by atoms with Crippen LogP contribution in [-0.4, -0.2) is 13.7 Å². The summed E-state index contributed by atoms with van der Waals surface area (Å²) in [5.74, 6) is 0. The summed E-state index contributed by atoms with van der Waals surface area (Å²) in [5, 5.41) is 23.0. The summed E-state index contributed by atoms with van der Waals surface area (Å²) in [4.78, 5) is 0. The average molecular weight is 1720 g/mol. The van der Waals surface area contributed by atoms with Crippen LogP contribution in [0.2, 0.25) is 0 Å². The Kier molecular flexibility index (Phi) is 20.3. The normalized spacial score (nSPS) is 11.7. The van der Waals surface area contributed by atoms with Gasteiger partial charge in [0.25, 0.3) is 0 Å². The highest BCUT2D eigenvalue weighted by Gasteiger charge is 2.25. The number of hydrogen-bond acceptors (Lipinski definition) is 0. The average Bonchev–Trinajstić information content (AvgIpc) is 1.71. The van der Waals surface area contributed by atoms with E-state index in [1.807, 2.05) is 0 Å². The third kappa shape index (κ3) is 14.1. The second-order valence-corrected chi connectivity index (χ2v) is 36.9. The number of aryl methyl sites for hydroxylation is 2. The van der Waals surface area contributed by atoms with Crippen molar-refractivity contribution >= 4 is 130 Å². The minimum Gasteiger partial charge on any atom is -0.309 e. The van der Waals surface area contributed by atoms with Gasteiger partial charge in [0.1, 0.15) is 0 Å². The Morgan fingerprint density at radius 1 is 0.141 bits per heavy atom. The maximum absolute atomic E-state index is 2.39. The highest BCUT2D eigenvalue weighted by atomic mass is 15.0. The Balaban J connectivity index is 0.000000112. The van der Waals surface area contributed by atoms with E-state index >= 15 is 0 Å². The zero-order valence-corrected chi connectivity index (χ0v) is 76.0. The van der Waals surface area contributed by atoms with Crippen LogP contribution < -0.4 is 0 Å². The van der Waals surface area contributed by atoms with Crippen LogP contribution in [0.1, 0.15) is 37.5 Å². The van der Waals surface area contributed by atoms with Gasteiger partial charge in [0, 0.05) is 49.4 Å². The van der Waals surface area contributed by atoms with Crippen LogP contribution in [0.15, 0.2) is 485 Å². The van der Waals surface area contributed by atoms with Gasteiger partial charge < -0.3 is 13.7 Å². The van der Waals surface area contributed by atoms with Gasteiger partial charge in [0.15, 0.2) is 0 Å². The number of para-hydroxylation sites is 6. The maximum atomic E-state index is 2.39. The zero-order valence-electron chi connectivity index (χ0n) is 76.0. The lowest BCUT2D eigenvalue weighted by Crippen LogP contribution is -2.10. The van der Waals surface area contributed by atoms with Crippen LogP contribution in [0.5, 0.6) is 0 Å². The molecule has 3 heterocycles. The van der Waals surface area contributed by atoms with Gasteiger partial charge in [0.2, 0.25) is 0 Å². The molecule has 23 aromatic carbocycles. The molecule has 0 aliphatic heterocycles. The maximum Gasteiger partial charge on any atom is 0.0541 e. The second kappa shape index (κ2) is 33.8. The van der Waals surface area contributed by atoms with Gasteiger partial charge in [-0.3, -0.25) is 0 Å². The number of benzene rings is 23. The summed E-state index contributed by atoms with van der Waals surface area (Å²) >= 11 is 0. The summed E-state index contributed by atoms with van der Waals surface area (Å²) in [6.07, 6.45) is 0. The number of rotatable bonds is 11.